The molecule has 3 heterocycles. The van der Waals surface area contributed by atoms with Gasteiger partial charge >= 0.3 is 5.97 Å². The minimum Gasteiger partial charge on any atom is -0.478 e. The van der Waals surface area contributed by atoms with Crippen molar-refractivity contribution in [1.82, 2.24) is 24.8 Å². The summed E-state index contributed by atoms with van der Waals surface area (Å²) in [6, 6.07) is 31.1. The molecule has 3 aromatic heterocycles. The molecular formula is C32H24N6O3. The molecule has 9 heteroatoms. The van der Waals surface area contributed by atoms with Gasteiger partial charge in [0.1, 0.15) is 11.3 Å². The van der Waals surface area contributed by atoms with Crippen LogP contribution in [0.1, 0.15) is 26.3 Å². The average Bonchev–Trinajstić information content (AvgIpc) is 3.39. The van der Waals surface area contributed by atoms with E-state index in [9.17, 15) is 14.7 Å². The van der Waals surface area contributed by atoms with Crippen LogP contribution in [0.25, 0.3) is 39.5 Å². The number of nitrogen functional groups attached to an aromatic ring is 1. The third-order valence-corrected chi connectivity index (χ3v) is 6.67. The maximum absolute atomic E-state index is 12.6. The second-order valence-electron chi connectivity index (χ2n) is 9.35. The number of nitrogens with zero attached hydrogens (tertiary/aromatic N) is 4. The first-order valence-electron chi connectivity index (χ1n) is 12.8. The SMILES string of the molecule is Nc1ncccc1-c1nc2ccc(-c3ccccc3)nc2n1-c1ccc(CNC(=O)c2cccc(C(=O)O)c2)cc1. The minimum atomic E-state index is -1.08. The van der Waals surface area contributed by atoms with Crippen LogP contribution in [0.5, 0.6) is 0 Å². The maximum atomic E-state index is 12.6. The number of aromatic carboxylic acids is 1. The van der Waals surface area contributed by atoms with E-state index in [1.54, 1.807) is 18.3 Å². The molecule has 6 rings (SSSR count). The topological polar surface area (TPSA) is 136 Å². The van der Waals surface area contributed by atoms with Crippen LogP contribution in [-0.4, -0.2) is 36.5 Å². The number of nitrogens with two attached hydrogens (primary N) is 1. The van der Waals surface area contributed by atoms with E-state index in [-0.39, 0.29) is 23.6 Å². The van der Waals surface area contributed by atoms with E-state index in [0.29, 0.717) is 28.4 Å². The number of nitrogens with one attached hydrogen (secondary N) is 1. The predicted octanol–water partition coefficient (Wildman–Crippen LogP) is 5.36. The highest BCUT2D eigenvalue weighted by molar-refractivity contribution is 5.97. The number of amides is 1. The lowest BCUT2D eigenvalue weighted by molar-refractivity contribution is 0.0697. The van der Waals surface area contributed by atoms with Gasteiger partial charge in [0.15, 0.2) is 11.5 Å². The van der Waals surface area contributed by atoms with Gasteiger partial charge in [-0.1, -0.05) is 48.5 Å². The lowest BCUT2D eigenvalue weighted by Crippen LogP contribution is -2.23. The van der Waals surface area contributed by atoms with E-state index in [0.717, 1.165) is 22.5 Å². The molecule has 200 valence electrons. The number of aromatic nitrogens is 4. The van der Waals surface area contributed by atoms with Crippen molar-refractivity contribution >= 4 is 28.9 Å². The number of imidazole rings is 1. The van der Waals surface area contributed by atoms with Crippen molar-refractivity contribution in [2.45, 2.75) is 6.54 Å². The smallest absolute Gasteiger partial charge is 0.335 e. The number of anilines is 1. The van der Waals surface area contributed by atoms with Crippen LogP contribution < -0.4 is 11.1 Å². The molecule has 0 fully saturated rings. The van der Waals surface area contributed by atoms with Crippen molar-refractivity contribution < 1.29 is 14.7 Å². The van der Waals surface area contributed by atoms with E-state index in [4.69, 9.17) is 15.7 Å². The largest absolute Gasteiger partial charge is 0.478 e. The molecule has 1 amide bonds. The lowest BCUT2D eigenvalue weighted by Gasteiger charge is -2.12. The normalized spacial score (nSPS) is 10.9. The van der Waals surface area contributed by atoms with Crippen LogP contribution >= 0.6 is 0 Å². The third-order valence-electron chi connectivity index (χ3n) is 6.67. The lowest BCUT2D eigenvalue weighted by atomic mass is 10.1. The van der Waals surface area contributed by atoms with E-state index < -0.39 is 5.97 Å². The first kappa shape index (κ1) is 25.4. The Labute approximate surface area is 235 Å². The fourth-order valence-corrected chi connectivity index (χ4v) is 4.60. The number of pyridine rings is 2. The molecule has 6 aromatic rings. The molecule has 0 saturated heterocycles. The Morgan fingerprint density at radius 1 is 0.829 bits per heavy atom. The summed E-state index contributed by atoms with van der Waals surface area (Å²) in [7, 11) is 0. The number of fused-ring (bicyclic) bond motifs is 1. The van der Waals surface area contributed by atoms with Crippen molar-refractivity contribution in [2.24, 2.45) is 0 Å². The van der Waals surface area contributed by atoms with Crippen LogP contribution in [0, 0.1) is 0 Å². The molecule has 0 aliphatic heterocycles. The Balaban J connectivity index is 1.34. The molecule has 4 N–H and O–H groups in total. The molecule has 3 aromatic carbocycles. The molecular weight excluding hydrogens is 516 g/mol. The van der Waals surface area contributed by atoms with Crippen LogP contribution in [-0.2, 0) is 6.54 Å². The first-order valence-corrected chi connectivity index (χ1v) is 12.8. The molecule has 0 unspecified atom stereocenters. The number of carbonyl (C=O) groups excluding carboxylic acids is 1. The fraction of sp³-hybridized carbons (Fsp3) is 0.0312. The summed E-state index contributed by atoms with van der Waals surface area (Å²) in [5.41, 5.74) is 12.1. The van der Waals surface area contributed by atoms with E-state index in [1.807, 2.05) is 83.4 Å². The highest BCUT2D eigenvalue weighted by Gasteiger charge is 2.19. The zero-order valence-corrected chi connectivity index (χ0v) is 21.7. The molecule has 0 radical (unpaired) electrons. The summed E-state index contributed by atoms with van der Waals surface area (Å²) in [4.78, 5) is 38.0. The summed E-state index contributed by atoms with van der Waals surface area (Å²) >= 11 is 0. The summed E-state index contributed by atoms with van der Waals surface area (Å²) < 4.78 is 1.95. The highest BCUT2D eigenvalue weighted by atomic mass is 16.4. The summed E-state index contributed by atoms with van der Waals surface area (Å²) in [5, 5.41) is 12.0. The molecule has 0 aliphatic carbocycles. The van der Waals surface area contributed by atoms with Crippen LogP contribution in [0.15, 0.2) is 109 Å². The first-order chi connectivity index (χ1) is 20.0. The quantitative estimate of drug-likeness (QED) is 0.248. The monoisotopic (exact) mass is 540 g/mol. The third kappa shape index (κ3) is 5.11. The maximum Gasteiger partial charge on any atom is 0.335 e. The van der Waals surface area contributed by atoms with Gasteiger partial charge in [0, 0.05) is 29.6 Å². The van der Waals surface area contributed by atoms with Crippen LogP contribution in [0.4, 0.5) is 5.82 Å². The standard InChI is InChI=1S/C32H24N6O3/c33-28-25(10-5-17-34-28)29-37-27-16-15-26(21-6-2-1-3-7-21)36-30(27)38(29)24-13-11-20(12-14-24)19-35-31(39)22-8-4-9-23(18-22)32(40)41/h1-18H,19H2,(H2,33,34)(H,35,39)(H,40,41). The number of carboxylic acid groups (broad SMARTS) is 1. The second kappa shape index (κ2) is 10.7. The zero-order chi connectivity index (χ0) is 28.3. The highest BCUT2D eigenvalue weighted by Crippen LogP contribution is 2.31. The van der Waals surface area contributed by atoms with Gasteiger partial charge in [-0.3, -0.25) is 9.36 Å². The number of benzene rings is 3. The van der Waals surface area contributed by atoms with E-state index >= 15 is 0 Å². The van der Waals surface area contributed by atoms with Gasteiger partial charge in [-0.05, 0) is 60.2 Å². The summed E-state index contributed by atoms with van der Waals surface area (Å²) in [5.74, 6) is -0.467. The molecule has 0 saturated carbocycles. The number of rotatable bonds is 7. The molecule has 0 aliphatic rings. The number of hydrogen-bond donors (Lipinski definition) is 3. The summed E-state index contributed by atoms with van der Waals surface area (Å²) in [6.45, 7) is 0.264. The Hall–Kier alpha value is -5.83. The fourth-order valence-electron chi connectivity index (χ4n) is 4.60. The van der Waals surface area contributed by atoms with Crippen molar-refractivity contribution in [1.29, 1.82) is 0 Å². The molecule has 41 heavy (non-hydrogen) atoms. The van der Waals surface area contributed by atoms with Crippen LogP contribution in [0.2, 0.25) is 0 Å². The van der Waals surface area contributed by atoms with Gasteiger partial charge in [0.2, 0.25) is 0 Å². The van der Waals surface area contributed by atoms with E-state index in [2.05, 4.69) is 10.3 Å². The average molecular weight is 541 g/mol. The van der Waals surface area contributed by atoms with Gasteiger partial charge in [0.25, 0.3) is 5.91 Å². The second-order valence-corrected chi connectivity index (χ2v) is 9.35. The Bertz CT molecular complexity index is 1900. The van der Waals surface area contributed by atoms with Gasteiger partial charge in [-0.25, -0.2) is 19.7 Å². The van der Waals surface area contributed by atoms with Gasteiger partial charge in [-0.15, -0.1) is 0 Å². The minimum absolute atomic E-state index is 0.0589. The molecule has 0 atom stereocenters. The van der Waals surface area contributed by atoms with Crippen molar-refractivity contribution in [2.75, 3.05) is 5.73 Å². The number of hydrogen-bond acceptors (Lipinski definition) is 6. The molecule has 0 spiro atoms. The number of carbonyl (C=O) groups is 2. The Morgan fingerprint density at radius 3 is 2.37 bits per heavy atom. The molecule has 9 nitrogen and oxygen atoms in total. The van der Waals surface area contributed by atoms with Crippen molar-refractivity contribution in [3.05, 3.63) is 126 Å². The van der Waals surface area contributed by atoms with Crippen molar-refractivity contribution in [3.8, 4) is 28.3 Å². The predicted molar refractivity (Wildman–Crippen MR) is 157 cm³/mol. The zero-order valence-electron chi connectivity index (χ0n) is 21.7. The van der Waals surface area contributed by atoms with E-state index in [1.165, 1.54) is 12.1 Å². The Morgan fingerprint density at radius 2 is 1.61 bits per heavy atom. The summed E-state index contributed by atoms with van der Waals surface area (Å²) in [6.07, 6.45) is 1.64. The van der Waals surface area contributed by atoms with Gasteiger partial charge in [0.05, 0.1) is 16.8 Å². The Kier molecular flexibility index (Phi) is 6.67. The van der Waals surface area contributed by atoms with Crippen LogP contribution in [0.3, 0.4) is 0 Å². The van der Waals surface area contributed by atoms with Gasteiger partial charge < -0.3 is 16.2 Å². The van der Waals surface area contributed by atoms with Crippen molar-refractivity contribution in [3.63, 3.8) is 0 Å². The van der Waals surface area contributed by atoms with Gasteiger partial charge in [-0.2, -0.15) is 0 Å². The number of carboxylic acids is 1. The molecule has 0 bridgehead atoms.